The summed E-state index contributed by atoms with van der Waals surface area (Å²) in [6.45, 7) is 0.655. The summed E-state index contributed by atoms with van der Waals surface area (Å²) in [5.41, 5.74) is 3.59. The summed E-state index contributed by atoms with van der Waals surface area (Å²) in [6.07, 6.45) is 0. The summed E-state index contributed by atoms with van der Waals surface area (Å²) in [5.74, 6) is 6.24. The first-order valence-corrected chi connectivity index (χ1v) is 6.48. The van der Waals surface area contributed by atoms with E-state index in [4.69, 9.17) is 29.0 Å². The second-order valence-corrected chi connectivity index (χ2v) is 4.87. The van der Waals surface area contributed by atoms with Gasteiger partial charge >= 0.3 is 0 Å². The van der Waals surface area contributed by atoms with Gasteiger partial charge in [-0.2, -0.15) is 11.3 Å². The largest absolute Gasteiger partial charge is 0.365 e. The summed E-state index contributed by atoms with van der Waals surface area (Å²) >= 11 is 13.6. The van der Waals surface area contributed by atoms with Crippen molar-refractivity contribution in [3.05, 3.63) is 38.5 Å². The van der Waals surface area contributed by atoms with Crippen molar-refractivity contribution < 1.29 is 0 Å². The van der Waals surface area contributed by atoms with Crippen LogP contribution in [0.4, 0.5) is 11.6 Å². The van der Waals surface area contributed by atoms with Crippen LogP contribution in [0.25, 0.3) is 0 Å². The predicted molar refractivity (Wildman–Crippen MR) is 73.7 cm³/mol. The molecule has 0 spiro atoms. The number of hydrazine groups is 1. The number of nitrogen functional groups attached to an aromatic ring is 1. The van der Waals surface area contributed by atoms with Crippen LogP contribution in [0.5, 0.6) is 0 Å². The molecule has 0 radical (unpaired) electrons. The molecule has 2 aromatic heterocycles. The molecule has 4 nitrogen and oxygen atoms in total. The zero-order chi connectivity index (χ0) is 12.3. The molecule has 0 bridgehead atoms. The lowest BCUT2D eigenvalue weighted by atomic mass is 10.3. The van der Waals surface area contributed by atoms with E-state index in [1.54, 1.807) is 17.4 Å². The fourth-order valence-electron chi connectivity index (χ4n) is 1.27. The minimum atomic E-state index is 0.388. The maximum absolute atomic E-state index is 6.02. The van der Waals surface area contributed by atoms with Crippen molar-refractivity contribution in [1.29, 1.82) is 0 Å². The first-order valence-electron chi connectivity index (χ1n) is 4.78. The lowest BCUT2D eigenvalue weighted by Crippen LogP contribution is -2.11. The lowest BCUT2D eigenvalue weighted by molar-refractivity contribution is 1.11. The number of hydrogen-bond donors (Lipinski definition) is 3. The SMILES string of the molecule is NNc1nc(NCc2ccsc2)c(Cl)cc1Cl. The molecule has 2 heterocycles. The quantitative estimate of drug-likeness (QED) is 0.596. The van der Waals surface area contributed by atoms with E-state index < -0.39 is 0 Å². The molecule has 0 unspecified atom stereocenters. The number of pyridine rings is 1. The summed E-state index contributed by atoms with van der Waals surface area (Å²) in [5, 5.41) is 8.05. The molecular weight excluding hydrogens is 279 g/mol. The van der Waals surface area contributed by atoms with Crippen molar-refractivity contribution in [3.63, 3.8) is 0 Å². The van der Waals surface area contributed by atoms with Crippen LogP contribution in [0.15, 0.2) is 22.9 Å². The van der Waals surface area contributed by atoms with Gasteiger partial charge in [0.15, 0.2) is 5.82 Å². The third kappa shape index (κ3) is 3.01. The fraction of sp³-hybridized carbons (Fsp3) is 0.100. The average Bonchev–Trinajstić information content (AvgIpc) is 2.81. The Morgan fingerprint density at radius 3 is 2.71 bits per heavy atom. The zero-order valence-corrected chi connectivity index (χ0v) is 11.0. The highest BCUT2D eigenvalue weighted by atomic mass is 35.5. The second kappa shape index (κ2) is 5.55. The Hall–Kier alpha value is -1.01. The molecule has 0 aromatic carbocycles. The molecule has 7 heteroatoms. The normalized spacial score (nSPS) is 10.3. The number of nitrogens with one attached hydrogen (secondary N) is 2. The van der Waals surface area contributed by atoms with E-state index in [0.717, 1.165) is 0 Å². The zero-order valence-electron chi connectivity index (χ0n) is 8.71. The lowest BCUT2D eigenvalue weighted by Gasteiger charge is -2.09. The van der Waals surface area contributed by atoms with Gasteiger partial charge in [0, 0.05) is 6.54 Å². The number of halogens is 2. The van der Waals surface area contributed by atoms with Gasteiger partial charge in [-0.25, -0.2) is 10.8 Å². The van der Waals surface area contributed by atoms with Crippen LogP contribution in [0.1, 0.15) is 5.56 Å². The molecule has 0 aliphatic heterocycles. The third-order valence-electron chi connectivity index (χ3n) is 2.11. The van der Waals surface area contributed by atoms with Crippen LogP contribution in [0.2, 0.25) is 10.0 Å². The van der Waals surface area contributed by atoms with Crippen molar-refractivity contribution in [1.82, 2.24) is 4.98 Å². The van der Waals surface area contributed by atoms with E-state index in [1.165, 1.54) is 5.56 Å². The first kappa shape index (κ1) is 12.4. The van der Waals surface area contributed by atoms with Gasteiger partial charge < -0.3 is 10.7 Å². The molecule has 4 N–H and O–H groups in total. The maximum atomic E-state index is 6.02. The van der Waals surface area contributed by atoms with Crippen LogP contribution in [0, 0.1) is 0 Å². The molecule has 0 fully saturated rings. The van der Waals surface area contributed by atoms with Crippen LogP contribution in [-0.4, -0.2) is 4.98 Å². The molecule has 90 valence electrons. The minimum absolute atomic E-state index is 0.388. The molecule has 0 aliphatic carbocycles. The predicted octanol–water partition coefficient (Wildman–Crippen LogP) is 3.35. The Morgan fingerprint density at radius 2 is 2.06 bits per heavy atom. The van der Waals surface area contributed by atoms with Crippen molar-refractivity contribution >= 4 is 46.2 Å². The van der Waals surface area contributed by atoms with Gasteiger partial charge in [-0.3, -0.25) is 0 Å². The van der Waals surface area contributed by atoms with Gasteiger partial charge in [0.25, 0.3) is 0 Å². The maximum Gasteiger partial charge on any atom is 0.161 e. The first-order chi connectivity index (χ1) is 8.20. The second-order valence-electron chi connectivity index (χ2n) is 3.28. The van der Waals surface area contributed by atoms with E-state index >= 15 is 0 Å². The van der Waals surface area contributed by atoms with Crippen molar-refractivity contribution in [3.8, 4) is 0 Å². The highest BCUT2D eigenvalue weighted by molar-refractivity contribution is 7.07. The Labute approximate surface area is 113 Å². The average molecular weight is 289 g/mol. The molecule has 0 atom stereocenters. The summed E-state index contributed by atoms with van der Waals surface area (Å²) in [6, 6.07) is 3.63. The molecule has 0 saturated heterocycles. The van der Waals surface area contributed by atoms with Gasteiger partial charge in [-0.05, 0) is 28.5 Å². The van der Waals surface area contributed by atoms with E-state index in [-0.39, 0.29) is 0 Å². The Morgan fingerprint density at radius 1 is 1.29 bits per heavy atom. The number of aromatic nitrogens is 1. The van der Waals surface area contributed by atoms with E-state index in [2.05, 4.69) is 21.1 Å². The van der Waals surface area contributed by atoms with Crippen LogP contribution >= 0.6 is 34.5 Å². The van der Waals surface area contributed by atoms with Crippen molar-refractivity contribution in [2.24, 2.45) is 5.84 Å². The molecule has 2 aromatic rings. The van der Waals surface area contributed by atoms with Crippen molar-refractivity contribution in [2.75, 3.05) is 10.7 Å². The van der Waals surface area contributed by atoms with Crippen LogP contribution < -0.4 is 16.6 Å². The molecule has 0 aliphatic rings. The van der Waals surface area contributed by atoms with Crippen molar-refractivity contribution in [2.45, 2.75) is 6.54 Å². The van der Waals surface area contributed by atoms with Gasteiger partial charge in [0.05, 0.1) is 10.0 Å². The standard InChI is InChI=1S/C10H10Cl2N4S/c11-7-3-8(12)10(16-13)15-9(7)14-4-6-1-2-17-5-6/h1-3,5H,4,13H2,(H2,14,15,16). The number of rotatable bonds is 4. The molecule has 0 amide bonds. The van der Waals surface area contributed by atoms with E-state index in [1.807, 2.05) is 11.4 Å². The number of hydrogen-bond acceptors (Lipinski definition) is 5. The summed E-state index contributed by atoms with van der Waals surface area (Å²) < 4.78 is 0. The van der Waals surface area contributed by atoms with Crippen LogP contribution in [0.3, 0.4) is 0 Å². The number of thiophene rings is 1. The number of anilines is 2. The highest BCUT2D eigenvalue weighted by Crippen LogP contribution is 2.28. The summed E-state index contributed by atoms with van der Waals surface area (Å²) in [7, 11) is 0. The van der Waals surface area contributed by atoms with E-state index in [0.29, 0.717) is 28.2 Å². The molecular formula is C10H10Cl2N4S. The van der Waals surface area contributed by atoms with Gasteiger partial charge in [0.1, 0.15) is 5.82 Å². The minimum Gasteiger partial charge on any atom is -0.365 e. The Balaban J connectivity index is 2.15. The Kier molecular flexibility index (Phi) is 4.06. The fourth-order valence-corrected chi connectivity index (χ4v) is 2.42. The van der Waals surface area contributed by atoms with Gasteiger partial charge in [-0.15, -0.1) is 0 Å². The van der Waals surface area contributed by atoms with Gasteiger partial charge in [0.2, 0.25) is 0 Å². The highest BCUT2D eigenvalue weighted by Gasteiger charge is 2.08. The third-order valence-corrected chi connectivity index (χ3v) is 3.41. The monoisotopic (exact) mass is 288 g/mol. The van der Waals surface area contributed by atoms with Crippen LogP contribution in [-0.2, 0) is 6.54 Å². The topological polar surface area (TPSA) is 63.0 Å². The Bertz CT molecular complexity index is 501. The molecule has 2 rings (SSSR count). The smallest absolute Gasteiger partial charge is 0.161 e. The number of nitrogens with zero attached hydrogens (tertiary/aromatic N) is 1. The molecule has 17 heavy (non-hydrogen) atoms. The number of nitrogens with two attached hydrogens (primary N) is 1. The van der Waals surface area contributed by atoms with Gasteiger partial charge in [-0.1, -0.05) is 23.2 Å². The van der Waals surface area contributed by atoms with E-state index in [9.17, 15) is 0 Å². The molecule has 0 saturated carbocycles. The summed E-state index contributed by atoms with van der Waals surface area (Å²) in [4.78, 5) is 4.18.